The van der Waals surface area contributed by atoms with Crippen LogP contribution in [0, 0.1) is 0 Å². The Kier molecular flexibility index (Phi) is 2.99. The van der Waals surface area contributed by atoms with E-state index in [0.717, 1.165) is 17.2 Å². The van der Waals surface area contributed by atoms with E-state index in [1.807, 2.05) is 24.3 Å². The lowest BCUT2D eigenvalue weighted by atomic mass is 10.1. The number of pyridine rings is 1. The van der Waals surface area contributed by atoms with Crippen LogP contribution in [0.2, 0.25) is 0 Å². The van der Waals surface area contributed by atoms with Crippen LogP contribution in [-0.2, 0) is 20.9 Å². The molecule has 0 atom stereocenters. The van der Waals surface area contributed by atoms with Crippen LogP contribution in [0.5, 0.6) is 0 Å². The summed E-state index contributed by atoms with van der Waals surface area (Å²) in [5.41, 5.74) is 7.08. The van der Waals surface area contributed by atoms with Crippen LogP contribution in [0.1, 0.15) is 5.56 Å². The molecule has 0 radical (unpaired) electrons. The number of hydrogen-bond donors (Lipinski definition) is 1. The first-order valence-electron chi connectivity index (χ1n) is 4.94. The second kappa shape index (κ2) is 4.31. The van der Waals surface area contributed by atoms with E-state index in [1.165, 1.54) is 0 Å². The van der Waals surface area contributed by atoms with Crippen molar-refractivity contribution in [3.8, 4) is 0 Å². The van der Waals surface area contributed by atoms with Gasteiger partial charge in [-0.05, 0) is 17.7 Å². The molecule has 0 bridgehead atoms. The van der Waals surface area contributed by atoms with Crippen molar-refractivity contribution in [2.45, 2.75) is 6.61 Å². The Morgan fingerprint density at radius 3 is 2.76 bits per heavy atom. The van der Waals surface area contributed by atoms with E-state index in [9.17, 15) is 8.42 Å². The Bertz CT molecular complexity index is 653. The van der Waals surface area contributed by atoms with E-state index in [1.54, 1.807) is 6.07 Å². The third kappa shape index (κ3) is 2.92. The Morgan fingerprint density at radius 2 is 2.06 bits per heavy atom. The molecule has 0 saturated carbocycles. The maximum absolute atomic E-state index is 11.0. The largest absolute Gasteiger partial charge is 0.384 e. The van der Waals surface area contributed by atoms with Crippen molar-refractivity contribution in [1.29, 1.82) is 0 Å². The summed E-state index contributed by atoms with van der Waals surface area (Å²) >= 11 is 0. The zero-order valence-corrected chi connectivity index (χ0v) is 10.1. The van der Waals surface area contributed by atoms with Gasteiger partial charge in [-0.15, -0.1) is 0 Å². The molecule has 2 rings (SSSR count). The predicted molar refractivity (Wildman–Crippen MR) is 65.8 cm³/mol. The number of benzene rings is 1. The number of hydrogen-bond acceptors (Lipinski definition) is 5. The lowest BCUT2D eigenvalue weighted by Gasteiger charge is -2.07. The first-order valence-corrected chi connectivity index (χ1v) is 6.76. The molecule has 0 saturated heterocycles. The molecule has 5 nitrogen and oxygen atoms in total. The maximum Gasteiger partial charge on any atom is 0.264 e. The highest BCUT2D eigenvalue weighted by atomic mass is 32.2. The summed E-state index contributed by atoms with van der Waals surface area (Å²) in [6.45, 7) is -0.0356. The van der Waals surface area contributed by atoms with Crippen molar-refractivity contribution < 1.29 is 12.6 Å². The molecule has 0 unspecified atom stereocenters. The number of fused-ring (bicyclic) bond motifs is 1. The minimum Gasteiger partial charge on any atom is -0.384 e. The number of rotatable bonds is 3. The summed E-state index contributed by atoms with van der Waals surface area (Å²) in [6, 6.07) is 8.98. The zero-order chi connectivity index (χ0) is 12.5. The molecule has 6 heteroatoms. The Labute approximate surface area is 99.4 Å². The number of nitrogens with two attached hydrogens (primary N) is 1. The minimum atomic E-state index is -3.47. The first-order chi connectivity index (χ1) is 7.96. The van der Waals surface area contributed by atoms with Crippen molar-refractivity contribution in [2.24, 2.45) is 0 Å². The number of para-hydroxylation sites is 1. The second-order valence-electron chi connectivity index (χ2n) is 3.69. The molecule has 0 fully saturated rings. The van der Waals surface area contributed by atoms with Crippen molar-refractivity contribution >= 4 is 26.8 Å². The average molecular weight is 252 g/mol. The average Bonchev–Trinajstić information content (AvgIpc) is 2.24. The van der Waals surface area contributed by atoms with Crippen molar-refractivity contribution in [3.63, 3.8) is 0 Å². The Hall–Kier alpha value is -1.66. The van der Waals surface area contributed by atoms with Gasteiger partial charge in [0.15, 0.2) is 0 Å². The van der Waals surface area contributed by atoms with Crippen LogP contribution in [0.3, 0.4) is 0 Å². The van der Waals surface area contributed by atoms with Gasteiger partial charge >= 0.3 is 0 Å². The van der Waals surface area contributed by atoms with Crippen LogP contribution in [-0.4, -0.2) is 19.7 Å². The number of nitrogens with zero attached hydrogens (tertiary/aromatic N) is 1. The monoisotopic (exact) mass is 252 g/mol. The van der Waals surface area contributed by atoms with Gasteiger partial charge in [0.25, 0.3) is 10.1 Å². The van der Waals surface area contributed by atoms with E-state index >= 15 is 0 Å². The normalized spacial score (nSPS) is 11.8. The first kappa shape index (κ1) is 11.8. The molecule has 0 aliphatic rings. The summed E-state index contributed by atoms with van der Waals surface area (Å²) in [4.78, 5) is 4.15. The third-order valence-corrected chi connectivity index (χ3v) is 2.80. The molecule has 17 heavy (non-hydrogen) atoms. The highest BCUT2D eigenvalue weighted by Gasteiger charge is 2.07. The van der Waals surface area contributed by atoms with E-state index in [4.69, 9.17) is 9.92 Å². The Balaban J connectivity index is 2.45. The van der Waals surface area contributed by atoms with Crippen LogP contribution in [0.15, 0.2) is 30.3 Å². The van der Waals surface area contributed by atoms with Crippen molar-refractivity contribution in [2.75, 3.05) is 12.0 Å². The fraction of sp³-hybridized carbons (Fsp3) is 0.182. The molecular weight excluding hydrogens is 240 g/mol. The highest BCUT2D eigenvalue weighted by Crippen LogP contribution is 2.20. The molecule has 0 aliphatic heterocycles. The molecule has 90 valence electrons. The van der Waals surface area contributed by atoms with Gasteiger partial charge in [-0.3, -0.25) is 4.18 Å². The van der Waals surface area contributed by atoms with Gasteiger partial charge in [0, 0.05) is 5.39 Å². The summed E-state index contributed by atoms with van der Waals surface area (Å²) in [5, 5.41) is 0.838. The molecule has 1 aromatic heterocycles. The highest BCUT2D eigenvalue weighted by molar-refractivity contribution is 7.85. The van der Waals surface area contributed by atoms with Crippen LogP contribution in [0.4, 0.5) is 5.82 Å². The van der Waals surface area contributed by atoms with Gasteiger partial charge in [0.2, 0.25) is 0 Å². The molecule has 1 heterocycles. The summed E-state index contributed by atoms with van der Waals surface area (Å²) in [7, 11) is -3.47. The van der Waals surface area contributed by atoms with E-state index in [-0.39, 0.29) is 6.61 Å². The second-order valence-corrected chi connectivity index (χ2v) is 5.33. The Morgan fingerprint density at radius 1 is 1.35 bits per heavy atom. The molecule has 2 N–H and O–H groups in total. The third-order valence-electron chi connectivity index (χ3n) is 2.25. The maximum atomic E-state index is 11.0. The van der Waals surface area contributed by atoms with E-state index < -0.39 is 10.1 Å². The van der Waals surface area contributed by atoms with Gasteiger partial charge in [-0.2, -0.15) is 8.42 Å². The summed E-state index contributed by atoms with van der Waals surface area (Å²) in [6.07, 6.45) is 1.01. The van der Waals surface area contributed by atoms with E-state index in [0.29, 0.717) is 11.4 Å². The SMILES string of the molecule is CS(=O)(=O)OCc1cc(N)nc2ccccc12. The van der Waals surface area contributed by atoms with Gasteiger partial charge in [-0.1, -0.05) is 18.2 Å². The van der Waals surface area contributed by atoms with Crippen molar-refractivity contribution in [3.05, 3.63) is 35.9 Å². The number of aromatic nitrogens is 1. The molecule has 0 aliphatic carbocycles. The van der Waals surface area contributed by atoms with Gasteiger partial charge in [-0.25, -0.2) is 4.98 Å². The van der Waals surface area contributed by atoms with Gasteiger partial charge in [0.1, 0.15) is 5.82 Å². The minimum absolute atomic E-state index is 0.0356. The molecule has 1 aromatic carbocycles. The zero-order valence-electron chi connectivity index (χ0n) is 9.25. The fourth-order valence-electron chi connectivity index (χ4n) is 1.56. The van der Waals surface area contributed by atoms with Crippen molar-refractivity contribution in [1.82, 2.24) is 4.98 Å². The lowest BCUT2D eigenvalue weighted by Crippen LogP contribution is -2.04. The molecule has 0 spiro atoms. The quantitative estimate of drug-likeness (QED) is 0.832. The van der Waals surface area contributed by atoms with Gasteiger partial charge < -0.3 is 5.73 Å². The summed E-state index contributed by atoms with van der Waals surface area (Å²) < 4.78 is 26.7. The predicted octanol–water partition coefficient (Wildman–Crippen LogP) is 1.29. The van der Waals surface area contributed by atoms with Crippen LogP contribution in [0.25, 0.3) is 10.9 Å². The van der Waals surface area contributed by atoms with Crippen LogP contribution < -0.4 is 5.73 Å². The fourth-order valence-corrected chi connectivity index (χ4v) is 1.90. The lowest BCUT2D eigenvalue weighted by molar-refractivity contribution is 0.313. The summed E-state index contributed by atoms with van der Waals surface area (Å²) in [5.74, 6) is 0.343. The van der Waals surface area contributed by atoms with Gasteiger partial charge in [0.05, 0.1) is 18.4 Å². The van der Waals surface area contributed by atoms with Crippen LogP contribution >= 0.6 is 0 Å². The number of nitrogen functional groups attached to an aromatic ring is 1. The molecule has 0 amide bonds. The van der Waals surface area contributed by atoms with E-state index in [2.05, 4.69) is 4.98 Å². The smallest absolute Gasteiger partial charge is 0.264 e. The standard InChI is InChI=1S/C11H12N2O3S/c1-17(14,15)16-7-8-6-11(12)13-10-5-3-2-4-9(8)10/h2-6H,7H2,1H3,(H2,12,13). The molecular formula is C11H12N2O3S. The molecule has 2 aromatic rings. The number of anilines is 1. The topological polar surface area (TPSA) is 82.3 Å².